The second kappa shape index (κ2) is 4.83. The highest BCUT2D eigenvalue weighted by atomic mass is 15.2. The van der Waals surface area contributed by atoms with Crippen LogP contribution in [0, 0.1) is 5.92 Å². The Labute approximate surface area is 76.1 Å². The van der Waals surface area contributed by atoms with Crippen molar-refractivity contribution in [1.82, 2.24) is 4.90 Å². The monoisotopic (exact) mass is 170 g/mol. The fourth-order valence-corrected chi connectivity index (χ4v) is 2.23. The molecular weight excluding hydrogens is 148 g/mol. The Kier molecular flexibility index (Phi) is 4.02. The molecule has 0 aromatic carbocycles. The van der Waals surface area contributed by atoms with Gasteiger partial charge < -0.3 is 10.6 Å². The maximum atomic E-state index is 5.73. The van der Waals surface area contributed by atoms with Crippen molar-refractivity contribution in [2.24, 2.45) is 11.7 Å². The van der Waals surface area contributed by atoms with Crippen LogP contribution in [0.15, 0.2) is 0 Å². The summed E-state index contributed by atoms with van der Waals surface area (Å²) in [6, 6.07) is 0.773. The zero-order chi connectivity index (χ0) is 8.97. The Morgan fingerprint density at radius 1 is 1.50 bits per heavy atom. The standard InChI is InChI=1S/C10H22N2/c1-3-4-5-10-9(8-11)6-7-12(10)2/h9-10H,3-8,11H2,1-2H3. The number of nitrogens with two attached hydrogens (primary N) is 1. The molecule has 2 N–H and O–H groups in total. The maximum absolute atomic E-state index is 5.73. The highest BCUT2D eigenvalue weighted by molar-refractivity contribution is 4.85. The van der Waals surface area contributed by atoms with Crippen LogP contribution < -0.4 is 5.73 Å². The fraction of sp³-hybridized carbons (Fsp3) is 1.00. The smallest absolute Gasteiger partial charge is 0.0133 e. The van der Waals surface area contributed by atoms with Gasteiger partial charge in [-0.3, -0.25) is 0 Å². The van der Waals surface area contributed by atoms with E-state index in [1.807, 2.05) is 0 Å². The van der Waals surface area contributed by atoms with E-state index in [0.717, 1.165) is 18.5 Å². The summed E-state index contributed by atoms with van der Waals surface area (Å²) >= 11 is 0. The van der Waals surface area contributed by atoms with E-state index in [-0.39, 0.29) is 0 Å². The van der Waals surface area contributed by atoms with Crippen LogP contribution in [0.3, 0.4) is 0 Å². The third-order valence-electron chi connectivity index (χ3n) is 3.12. The molecule has 0 aromatic rings. The molecule has 1 heterocycles. The van der Waals surface area contributed by atoms with E-state index < -0.39 is 0 Å². The van der Waals surface area contributed by atoms with Gasteiger partial charge in [0.25, 0.3) is 0 Å². The second-order valence-electron chi connectivity index (χ2n) is 3.97. The molecule has 1 rings (SSSR count). The first kappa shape index (κ1) is 10.0. The lowest BCUT2D eigenvalue weighted by Crippen LogP contribution is -2.32. The van der Waals surface area contributed by atoms with Crippen LogP contribution in [0.25, 0.3) is 0 Å². The summed E-state index contributed by atoms with van der Waals surface area (Å²) in [6.45, 7) is 4.38. The van der Waals surface area contributed by atoms with Crippen LogP contribution in [0.4, 0.5) is 0 Å². The lowest BCUT2D eigenvalue weighted by molar-refractivity contribution is 0.254. The largest absolute Gasteiger partial charge is 0.330 e. The summed E-state index contributed by atoms with van der Waals surface area (Å²) < 4.78 is 0. The van der Waals surface area contributed by atoms with E-state index in [0.29, 0.717) is 0 Å². The van der Waals surface area contributed by atoms with E-state index in [1.54, 1.807) is 0 Å². The van der Waals surface area contributed by atoms with Gasteiger partial charge in [0.05, 0.1) is 0 Å². The molecule has 0 bridgehead atoms. The Hall–Kier alpha value is -0.0800. The normalized spacial score (nSPS) is 31.2. The van der Waals surface area contributed by atoms with Crippen LogP contribution in [-0.2, 0) is 0 Å². The number of likely N-dealkylation sites (tertiary alicyclic amines) is 1. The van der Waals surface area contributed by atoms with Gasteiger partial charge in [-0.05, 0) is 38.9 Å². The molecule has 1 aliphatic heterocycles. The van der Waals surface area contributed by atoms with Crippen LogP contribution in [0.1, 0.15) is 32.6 Å². The number of nitrogens with zero attached hydrogens (tertiary/aromatic N) is 1. The van der Waals surface area contributed by atoms with Gasteiger partial charge >= 0.3 is 0 Å². The first-order chi connectivity index (χ1) is 5.79. The van der Waals surface area contributed by atoms with Crippen molar-refractivity contribution < 1.29 is 0 Å². The van der Waals surface area contributed by atoms with E-state index in [1.165, 1.54) is 32.2 Å². The van der Waals surface area contributed by atoms with Crippen molar-refractivity contribution in [3.63, 3.8) is 0 Å². The summed E-state index contributed by atoms with van der Waals surface area (Å²) in [5, 5.41) is 0. The van der Waals surface area contributed by atoms with E-state index >= 15 is 0 Å². The average molecular weight is 170 g/mol. The summed E-state index contributed by atoms with van der Waals surface area (Å²) in [7, 11) is 2.23. The quantitative estimate of drug-likeness (QED) is 0.692. The molecule has 2 heteroatoms. The minimum absolute atomic E-state index is 0.765. The third-order valence-corrected chi connectivity index (χ3v) is 3.12. The molecule has 12 heavy (non-hydrogen) atoms. The Balaban J connectivity index is 2.35. The number of unbranched alkanes of at least 4 members (excludes halogenated alkanes) is 1. The molecule has 2 unspecified atom stereocenters. The first-order valence-electron chi connectivity index (χ1n) is 5.20. The molecule has 72 valence electrons. The first-order valence-corrected chi connectivity index (χ1v) is 5.20. The molecule has 1 fully saturated rings. The SMILES string of the molecule is CCCCC1C(CN)CCN1C. The van der Waals surface area contributed by atoms with Gasteiger partial charge in [0.1, 0.15) is 0 Å². The summed E-state index contributed by atoms with van der Waals surface area (Å²) in [5.74, 6) is 0.765. The fourth-order valence-electron chi connectivity index (χ4n) is 2.23. The van der Waals surface area contributed by atoms with Crippen LogP contribution in [0.2, 0.25) is 0 Å². The number of hydrogen-bond donors (Lipinski definition) is 1. The van der Waals surface area contributed by atoms with Crippen molar-refractivity contribution in [2.75, 3.05) is 20.1 Å². The van der Waals surface area contributed by atoms with Crippen molar-refractivity contribution in [2.45, 2.75) is 38.6 Å². The van der Waals surface area contributed by atoms with Gasteiger partial charge in [-0.25, -0.2) is 0 Å². The van der Waals surface area contributed by atoms with Gasteiger partial charge in [0.15, 0.2) is 0 Å². The Morgan fingerprint density at radius 2 is 2.25 bits per heavy atom. The molecule has 0 radical (unpaired) electrons. The molecule has 2 nitrogen and oxygen atoms in total. The minimum Gasteiger partial charge on any atom is -0.330 e. The predicted octanol–water partition coefficient (Wildman–Crippen LogP) is 1.46. The highest BCUT2D eigenvalue weighted by Gasteiger charge is 2.29. The van der Waals surface area contributed by atoms with Crippen LogP contribution in [-0.4, -0.2) is 31.1 Å². The third kappa shape index (κ3) is 2.20. The van der Waals surface area contributed by atoms with Crippen molar-refractivity contribution in [3.8, 4) is 0 Å². The Morgan fingerprint density at radius 3 is 2.83 bits per heavy atom. The van der Waals surface area contributed by atoms with Gasteiger partial charge in [-0.15, -0.1) is 0 Å². The molecule has 0 spiro atoms. The molecular formula is C10H22N2. The minimum atomic E-state index is 0.765. The highest BCUT2D eigenvalue weighted by Crippen LogP contribution is 2.25. The van der Waals surface area contributed by atoms with Crippen LogP contribution in [0.5, 0.6) is 0 Å². The maximum Gasteiger partial charge on any atom is 0.0133 e. The van der Waals surface area contributed by atoms with Gasteiger partial charge in [0, 0.05) is 6.04 Å². The van der Waals surface area contributed by atoms with Gasteiger partial charge in [0.2, 0.25) is 0 Å². The number of hydrogen-bond acceptors (Lipinski definition) is 2. The lowest BCUT2D eigenvalue weighted by Gasteiger charge is -2.23. The van der Waals surface area contributed by atoms with Crippen molar-refractivity contribution >= 4 is 0 Å². The molecule has 2 atom stereocenters. The zero-order valence-corrected chi connectivity index (χ0v) is 8.42. The van der Waals surface area contributed by atoms with Crippen molar-refractivity contribution in [1.29, 1.82) is 0 Å². The predicted molar refractivity (Wildman–Crippen MR) is 53.1 cm³/mol. The molecule has 0 aliphatic carbocycles. The lowest BCUT2D eigenvalue weighted by atomic mass is 9.96. The number of rotatable bonds is 4. The molecule has 0 amide bonds. The Bertz CT molecular complexity index is 125. The van der Waals surface area contributed by atoms with Gasteiger partial charge in [-0.1, -0.05) is 19.8 Å². The second-order valence-corrected chi connectivity index (χ2v) is 3.97. The summed E-state index contributed by atoms with van der Waals surface area (Å²) in [5.41, 5.74) is 5.73. The average Bonchev–Trinajstić information content (AvgIpc) is 2.43. The molecule has 1 aliphatic rings. The summed E-state index contributed by atoms with van der Waals surface area (Å²) in [4.78, 5) is 2.48. The van der Waals surface area contributed by atoms with E-state index in [2.05, 4.69) is 18.9 Å². The van der Waals surface area contributed by atoms with E-state index in [4.69, 9.17) is 5.73 Å². The molecule has 1 saturated heterocycles. The summed E-state index contributed by atoms with van der Waals surface area (Å²) in [6.07, 6.45) is 5.31. The zero-order valence-electron chi connectivity index (χ0n) is 8.42. The van der Waals surface area contributed by atoms with E-state index in [9.17, 15) is 0 Å². The molecule has 0 aromatic heterocycles. The van der Waals surface area contributed by atoms with Gasteiger partial charge in [-0.2, -0.15) is 0 Å². The van der Waals surface area contributed by atoms with Crippen molar-refractivity contribution in [3.05, 3.63) is 0 Å². The topological polar surface area (TPSA) is 29.3 Å². The molecule has 0 saturated carbocycles. The van der Waals surface area contributed by atoms with Crippen LogP contribution >= 0.6 is 0 Å².